The van der Waals surface area contributed by atoms with Crippen molar-refractivity contribution in [2.24, 2.45) is 10.9 Å². The SMILES string of the molecule is CCc1nc(CCNC(=NC)N2CCC(C)C(n3ccnc3)C2)cs1.I. The van der Waals surface area contributed by atoms with Gasteiger partial charge in [0.15, 0.2) is 5.96 Å². The summed E-state index contributed by atoms with van der Waals surface area (Å²) >= 11 is 1.75. The highest BCUT2D eigenvalue weighted by atomic mass is 127. The van der Waals surface area contributed by atoms with Crippen LogP contribution in [0, 0.1) is 5.92 Å². The highest BCUT2D eigenvalue weighted by molar-refractivity contribution is 14.0. The van der Waals surface area contributed by atoms with Crippen molar-refractivity contribution < 1.29 is 0 Å². The number of nitrogens with zero attached hydrogens (tertiary/aromatic N) is 5. The van der Waals surface area contributed by atoms with Crippen molar-refractivity contribution in [1.29, 1.82) is 0 Å². The van der Waals surface area contributed by atoms with E-state index >= 15 is 0 Å². The topological polar surface area (TPSA) is 58.3 Å². The Balaban J connectivity index is 0.00000243. The largest absolute Gasteiger partial charge is 0.356 e. The van der Waals surface area contributed by atoms with E-state index in [9.17, 15) is 0 Å². The molecule has 0 spiro atoms. The third-order valence-corrected chi connectivity index (χ3v) is 5.95. The molecule has 2 atom stereocenters. The van der Waals surface area contributed by atoms with E-state index in [1.807, 2.05) is 19.6 Å². The van der Waals surface area contributed by atoms with Gasteiger partial charge in [0.05, 0.1) is 23.1 Å². The quantitative estimate of drug-likeness (QED) is 0.399. The van der Waals surface area contributed by atoms with Gasteiger partial charge < -0.3 is 14.8 Å². The first-order valence-corrected chi connectivity index (χ1v) is 9.95. The number of halogens is 1. The second-order valence-corrected chi connectivity index (χ2v) is 7.54. The number of aryl methyl sites for hydroxylation is 1. The Kier molecular flexibility index (Phi) is 8.33. The maximum atomic E-state index is 4.63. The van der Waals surface area contributed by atoms with Crippen molar-refractivity contribution in [2.75, 3.05) is 26.7 Å². The van der Waals surface area contributed by atoms with Gasteiger partial charge in [0.25, 0.3) is 0 Å². The van der Waals surface area contributed by atoms with Crippen LogP contribution in [0.15, 0.2) is 29.1 Å². The smallest absolute Gasteiger partial charge is 0.193 e. The minimum atomic E-state index is 0. The van der Waals surface area contributed by atoms with Gasteiger partial charge in [-0.05, 0) is 18.8 Å². The van der Waals surface area contributed by atoms with Crippen molar-refractivity contribution in [2.45, 2.75) is 39.2 Å². The van der Waals surface area contributed by atoms with E-state index in [2.05, 4.69) is 55.2 Å². The molecule has 2 unspecified atom stereocenters. The summed E-state index contributed by atoms with van der Waals surface area (Å²) in [5.41, 5.74) is 1.17. The van der Waals surface area contributed by atoms with E-state index in [1.165, 1.54) is 10.7 Å². The Morgan fingerprint density at radius 3 is 2.96 bits per heavy atom. The van der Waals surface area contributed by atoms with Crippen molar-refractivity contribution in [3.8, 4) is 0 Å². The summed E-state index contributed by atoms with van der Waals surface area (Å²) in [5, 5.41) is 6.89. The van der Waals surface area contributed by atoms with Crippen molar-refractivity contribution in [1.82, 2.24) is 24.8 Å². The molecule has 1 saturated heterocycles. The number of guanidine groups is 1. The Bertz CT molecular complexity index is 684. The molecule has 0 radical (unpaired) electrons. The van der Waals surface area contributed by atoms with Crippen LogP contribution in [0.25, 0.3) is 0 Å². The lowest BCUT2D eigenvalue weighted by molar-refractivity contribution is 0.189. The summed E-state index contributed by atoms with van der Waals surface area (Å²) in [6.45, 7) is 7.35. The molecule has 6 nitrogen and oxygen atoms in total. The molecule has 0 saturated carbocycles. The first-order valence-electron chi connectivity index (χ1n) is 9.07. The highest BCUT2D eigenvalue weighted by Crippen LogP contribution is 2.27. The van der Waals surface area contributed by atoms with Crippen LogP contribution in [0.3, 0.4) is 0 Å². The van der Waals surface area contributed by atoms with E-state index in [0.29, 0.717) is 12.0 Å². The second-order valence-electron chi connectivity index (χ2n) is 6.60. The van der Waals surface area contributed by atoms with E-state index in [1.54, 1.807) is 11.3 Å². The Morgan fingerprint density at radius 1 is 1.46 bits per heavy atom. The van der Waals surface area contributed by atoms with Crippen LogP contribution in [0.5, 0.6) is 0 Å². The fourth-order valence-corrected chi connectivity index (χ4v) is 4.14. The average Bonchev–Trinajstić information content (AvgIpc) is 3.31. The molecule has 0 amide bonds. The van der Waals surface area contributed by atoms with Crippen molar-refractivity contribution in [3.05, 3.63) is 34.8 Å². The Morgan fingerprint density at radius 2 is 2.31 bits per heavy atom. The van der Waals surface area contributed by atoms with Gasteiger partial charge >= 0.3 is 0 Å². The minimum absolute atomic E-state index is 0. The highest BCUT2D eigenvalue weighted by Gasteiger charge is 2.28. The van der Waals surface area contributed by atoms with E-state index in [-0.39, 0.29) is 24.0 Å². The number of rotatable bonds is 5. The molecule has 1 aliphatic heterocycles. The van der Waals surface area contributed by atoms with Gasteiger partial charge in [-0.2, -0.15) is 0 Å². The lowest BCUT2D eigenvalue weighted by Gasteiger charge is -2.39. The molecule has 2 aromatic heterocycles. The molecule has 1 fully saturated rings. The van der Waals surface area contributed by atoms with Gasteiger partial charge in [0, 0.05) is 50.9 Å². The van der Waals surface area contributed by atoms with Crippen LogP contribution >= 0.6 is 35.3 Å². The number of thiazole rings is 1. The maximum Gasteiger partial charge on any atom is 0.193 e. The lowest BCUT2D eigenvalue weighted by atomic mass is 9.93. The molecule has 3 heterocycles. The van der Waals surface area contributed by atoms with Crippen LogP contribution in [-0.4, -0.2) is 52.1 Å². The minimum Gasteiger partial charge on any atom is -0.356 e. The Hall–Kier alpha value is -1.16. The molecule has 1 aliphatic rings. The van der Waals surface area contributed by atoms with Crippen molar-refractivity contribution >= 4 is 41.3 Å². The number of imidazole rings is 1. The zero-order valence-electron chi connectivity index (χ0n) is 15.8. The van der Waals surface area contributed by atoms with Crippen LogP contribution in [0.2, 0.25) is 0 Å². The van der Waals surface area contributed by atoms with E-state index in [0.717, 1.165) is 44.9 Å². The predicted octanol–water partition coefficient (Wildman–Crippen LogP) is 3.22. The summed E-state index contributed by atoms with van der Waals surface area (Å²) in [7, 11) is 1.87. The third-order valence-electron chi connectivity index (χ3n) is 4.90. The van der Waals surface area contributed by atoms with Crippen LogP contribution < -0.4 is 5.32 Å². The summed E-state index contributed by atoms with van der Waals surface area (Å²) in [6, 6.07) is 0.445. The van der Waals surface area contributed by atoms with Gasteiger partial charge in [-0.25, -0.2) is 9.97 Å². The Labute approximate surface area is 177 Å². The number of piperidine rings is 1. The predicted molar refractivity (Wildman–Crippen MR) is 119 cm³/mol. The van der Waals surface area contributed by atoms with Crippen molar-refractivity contribution in [3.63, 3.8) is 0 Å². The summed E-state index contributed by atoms with van der Waals surface area (Å²) in [6.07, 6.45) is 8.96. The fourth-order valence-electron chi connectivity index (χ4n) is 3.36. The number of aromatic nitrogens is 3. The van der Waals surface area contributed by atoms with Gasteiger partial charge in [-0.1, -0.05) is 13.8 Å². The molecular formula is C18H29IN6S. The van der Waals surface area contributed by atoms with Gasteiger partial charge in [0.1, 0.15) is 0 Å². The van der Waals surface area contributed by atoms with E-state index in [4.69, 9.17) is 0 Å². The summed E-state index contributed by atoms with van der Waals surface area (Å²) in [5.74, 6) is 1.63. The number of likely N-dealkylation sites (tertiary alicyclic amines) is 1. The third kappa shape index (κ3) is 5.18. The molecule has 144 valence electrons. The van der Waals surface area contributed by atoms with Crippen LogP contribution in [0.4, 0.5) is 0 Å². The summed E-state index contributed by atoms with van der Waals surface area (Å²) < 4.78 is 2.23. The zero-order chi connectivity index (χ0) is 17.6. The lowest BCUT2D eigenvalue weighted by Crippen LogP contribution is -2.49. The molecule has 3 rings (SSSR count). The molecule has 0 aliphatic carbocycles. The van der Waals surface area contributed by atoms with E-state index < -0.39 is 0 Å². The first-order chi connectivity index (χ1) is 12.2. The average molecular weight is 488 g/mol. The second kappa shape index (κ2) is 10.2. The molecule has 1 N–H and O–H groups in total. The maximum absolute atomic E-state index is 4.63. The van der Waals surface area contributed by atoms with Crippen LogP contribution in [0.1, 0.15) is 37.0 Å². The monoisotopic (exact) mass is 488 g/mol. The molecule has 2 aromatic rings. The van der Waals surface area contributed by atoms with Gasteiger partial charge in [0.2, 0.25) is 0 Å². The zero-order valence-corrected chi connectivity index (χ0v) is 18.9. The molecular weight excluding hydrogens is 459 g/mol. The van der Waals surface area contributed by atoms with Gasteiger partial charge in [-0.3, -0.25) is 4.99 Å². The standard InChI is InChI=1S/C18H28N6S.HI/c1-4-17-22-15(12-25-17)5-7-21-18(19-3)23-9-6-14(2)16(11-23)24-10-8-20-13-24;/h8,10,12-14,16H,4-7,9,11H2,1-3H3,(H,19,21);1H. The number of aliphatic imine (C=N–C) groups is 1. The number of nitrogens with one attached hydrogen (secondary N) is 1. The summed E-state index contributed by atoms with van der Waals surface area (Å²) in [4.78, 5) is 15.7. The normalized spacial score (nSPS) is 20.7. The first kappa shape index (κ1) is 21.1. The molecule has 26 heavy (non-hydrogen) atoms. The molecule has 0 bridgehead atoms. The molecule has 8 heteroatoms. The number of hydrogen-bond acceptors (Lipinski definition) is 4. The van der Waals surface area contributed by atoms with Gasteiger partial charge in [-0.15, -0.1) is 35.3 Å². The fraction of sp³-hybridized carbons (Fsp3) is 0.611. The number of hydrogen-bond donors (Lipinski definition) is 1. The molecule has 0 aromatic carbocycles. The van der Waals surface area contributed by atoms with Crippen LogP contribution in [-0.2, 0) is 12.8 Å².